The highest BCUT2D eigenvalue weighted by Gasteiger charge is 2.32. The van der Waals surface area contributed by atoms with E-state index < -0.39 is 11.7 Å². The molecule has 0 unspecified atom stereocenters. The van der Waals surface area contributed by atoms with Crippen LogP contribution < -0.4 is 24.6 Å². The van der Waals surface area contributed by atoms with Gasteiger partial charge in [0.05, 0.1) is 54.0 Å². The lowest BCUT2D eigenvalue weighted by Gasteiger charge is -2.25. The number of ether oxygens (including phenoxy) is 2. The number of methoxy groups -OCH3 is 2. The van der Waals surface area contributed by atoms with Crippen LogP contribution in [0.5, 0.6) is 11.5 Å². The van der Waals surface area contributed by atoms with Gasteiger partial charge in [0.15, 0.2) is 11.5 Å². The van der Waals surface area contributed by atoms with Crippen molar-refractivity contribution in [2.24, 2.45) is 0 Å². The molecule has 0 saturated heterocycles. The first-order valence-electron chi connectivity index (χ1n) is 11.4. The molecule has 0 aliphatic carbocycles. The van der Waals surface area contributed by atoms with E-state index in [1.54, 1.807) is 35.2 Å². The smallest absolute Gasteiger partial charge is 0.416 e. The number of amides is 1. The molecular formula is C27H25F3N4O3. The Kier molecular flexibility index (Phi) is 7.27. The highest BCUT2D eigenvalue weighted by molar-refractivity contribution is 6.14. The number of fused-ring (bicyclic) bond motifs is 2. The van der Waals surface area contributed by atoms with E-state index in [4.69, 9.17) is 9.47 Å². The number of halogens is 3. The summed E-state index contributed by atoms with van der Waals surface area (Å²) < 4.78 is 49.3. The second kappa shape index (κ2) is 10.4. The maximum atomic E-state index is 13.8. The van der Waals surface area contributed by atoms with Gasteiger partial charge in [-0.15, -0.1) is 0 Å². The maximum absolute atomic E-state index is 13.8. The standard InChI is InChI=1S/C27H25F3N4O3/c1-33-21-9-6-18(15-31)12-23(21)34(26(35)20-13-24(36-2)25(37-3)14-22(20)33)11-10-32-16-17-4-7-19(8-5-17)27(28,29)30/h4-9,12-14,32H,10-11,16H2,1-3H3. The zero-order valence-electron chi connectivity index (χ0n) is 20.5. The van der Waals surface area contributed by atoms with E-state index in [0.29, 0.717) is 52.7 Å². The van der Waals surface area contributed by atoms with Crippen molar-refractivity contribution in [2.75, 3.05) is 44.2 Å². The Morgan fingerprint density at radius 2 is 1.62 bits per heavy atom. The third-order valence-electron chi connectivity index (χ3n) is 6.22. The quantitative estimate of drug-likeness (QED) is 0.445. The maximum Gasteiger partial charge on any atom is 0.416 e. The molecule has 4 rings (SSSR count). The van der Waals surface area contributed by atoms with Crippen LogP contribution in [0.3, 0.4) is 0 Å². The van der Waals surface area contributed by atoms with Gasteiger partial charge in [0, 0.05) is 32.7 Å². The summed E-state index contributed by atoms with van der Waals surface area (Å²) >= 11 is 0. The van der Waals surface area contributed by atoms with Crippen molar-refractivity contribution >= 4 is 23.0 Å². The van der Waals surface area contributed by atoms with Gasteiger partial charge in [0.25, 0.3) is 5.91 Å². The van der Waals surface area contributed by atoms with Crippen LogP contribution >= 0.6 is 0 Å². The molecule has 1 amide bonds. The first kappa shape index (κ1) is 25.9. The predicted octanol–water partition coefficient (Wildman–Crippen LogP) is 5.11. The van der Waals surface area contributed by atoms with Crippen LogP contribution in [0.2, 0.25) is 0 Å². The molecule has 0 bridgehead atoms. The molecule has 0 aromatic heterocycles. The van der Waals surface area contributed by atoms with E-state index in [9.17, 15) is 23.2 Å². The van der Waals surface area contributed by atoms with Gasteiger partial charge in [-0.2, -0.15) is 18.4 Å². The van der Waals surface area contributed by atoms with E-state index in [1.807, 2.05) is 11.9 Å². The molecule has 0 spiro atoms. The summed E-state index contributed by atoms with van der Waals surface area (Å²) in [7, 11) is 4.84. The molecule has 1 N–H and O–H groups in total. The van der Waals surface area contributed by atoms with Crippen LogP contribution in [0, 0.1) is 11.3 Å². The van der Waals surface area contributed by atoms with Crippen LogP contribution in [0.15, 0.2) is 54.6 Å². The number of hydrogen-bond acceptors (Lipinski definition) is 6. The van der Waals surface area contributed by atoms with Gasteiger partial charge < -0.3 is 24.6 Å². The van der Waals surface area contributed by atoms with E-state index in [1.165, 1.54) is 26.4 Å². The number of hydrogen-bond donors (Lipinski definition) is 1. The normalized spacial score (nSPS) is 12.9. The molecule has 10 heteroatoms. The van der Waals surface area contributed by atoms with E-state index in [2.05, 4.69) is 11.4 Å². The summed E-state index contributed by atoms with van der Waals surface area (Å²) in [5.74, 6) is 0.600. The molecule has 192 valence electrons. The molecule has 0 fully saturated rings. The summed E-state index contributed by atoms with van der Waals surface area (Å²) in [6, 6.07) is 15.6. The average Bonchev–Trinajstić information content (AvgIpc) is 2.98. The largest absolute Gasteiger partial charge is 0.493 e. The van der Waals surface area contributed by atoms with Gasteiger partial charge in [-0.1, -0.05) is 12.1 Å². The zero-order valence-corrected chi connectivity index (χ0v) is 20.5. The highest BCUT2D eigenvalue weighted by Crippen LogP contribution is 2.44. The Balaban J connectivity index is 1.61. The predicted molar refractivity (Wildman–Crippen MR) is 134 cm³/mol. The van der Waals surface area contributed by atoms with Crippen molar-refractivity contribution in [3.63, 3.8) is 0 Å². The fourth-order valence-electron chi connectivity index (χ4n) is 4.25. The SMILES string of the molecule is COc1cc2c(cc1OC)N(C)c1ccc(C#N)cc1N(CCNCc1ccc(C(F)(F)F)cc1)C2=O. The van der Waals surface area contributed by atoms with Crippen LogP contribution in [-0.4, -0.2) is 40.3 Å². The van der Waals surface area contributed by atoms with Crippen molar-refractivity contribution in [1.29, 1.82) is 5.26 Å². The molecule has 3 aromatic rings. The third-order valence-corrected chi connectivity index (χ3v) is 6.22. The van der Waals surface area contributed by atoms with Crippen molar-refractivity contribution in [1.82, 2.24) is 5.32 Å². The number of nitrogens with one attached hydrogen (secondary N) is 1. The van der Waals surface area contributed by atoms with Gasteiger partial charge >= 0.3 is 6.18 Å². The minimum absolute atomic E-state index is 0.253. The van der Waals surface area contributed by atoms with Gasteiger partial charge in [-0.25, -0.2) is 0 Å². The average molecular weight is 511 g/mol. The Morgan fingerprint density at radius 3 is 2.24 bits per heavy atom. The number of carbonyl (C=O) groups excluding carboxylic acids is 1. The number of nitrogens with zero attached hydrogens (tertiary/aromatic N) is 3. The number of benzene rings is 3. The highest BCUT2D eigenvalue weighted by atomic mass is 19.4. The minimum atomic E-state index is -4.38. The van der Waals surface area contributed by atoms with Gasteiger partial charge in [-0.3, -0.25) is 4.79 Å². The zero-order chi connectivity index (χ0) is 26.7. The molecule has 1 aliphatic heterocycles. The van der Waals surface area contributed by atoms with E-state index in [0.717, 1.165) is 17.8 Å². The fourth-order valence-corrected chi connectivity index (χ4v) is 4.25. The van der Waals surface area contributed by atoms with Crippen LogP contribution in [0.1, 0.15) is 27.0 Å². The molecule has 37 heavy (non-hydrogen) atoms. The molecule has 0 saturated carbocycles. The van der Waals surface area contributed by atoms with E-state index >= 15 is 0 Å². The molecule has 7 nitrogen and oxygen atoms in total. The summed E-state index contributed by atoms with van der Waals surface area (Å²) in [4.78, 5) is 17.2. The molecule has 1 heterocycles. The van der Waals surface area contributed by atoms with Crippen molar-refractivity contribution in [3.8, 4) is 17.6 Å². The lowest BCUT2D eigenvalue weighted by atomic mass is 10.1. The topological polar surface area (TPSA) is 77.8 Å². The Bertz CT molecular complexity index is 1350. The van der Waals surface area contributed by atoms with E-state index in [-0.39, 0.29) is 12.5 Å². The number of alkyl halides is 3. The second-order valence-corrected chi connectivity index (χ2v) is 8.43. The lowest BCUT2D eigenvalue weighted by Crippen LogP contribution is -2.36. The first-order valence-corrected chi connectivity index (χ1v) is 11.4. The number of anilines is 3. The Hall–Kier alpha value is -4.23. The minimum Gasteiger partial charge on any atom is -0.493 e. The van der Waals surface area contributed by atoms with Crippen molar-refractivity contribution in [3.05, 3.63) is 76.9 Å². The lowest BCUT2D eigenvalue weighted by molar-refractivity contribution is -0.137. The number of rotatable bonds is 7. The monoisotopic (exact) mass is 510 g/mol. The summed E-state index contributed by atoms with van der Waals surface area (Å²) in [6.45, 7) is 0.936. The van der Waals surface area contributed by atoms with Crippen molar-refractivity contribution < 1.29 is 27.4 Å². The van der Waals surface area contributed by atoms with Crippen LogP contribution in [0.25, 0.3) is 0 Å². The van der Waals surface area contributed by atoms with Crippen molar-refractivity contribution in [2.45, 2.75) is 12.7 Å². The number of nitriles is 1. The first-order chi connectivity index (χ1) is 17.7. The molecule has 0 radical (unpaired) electrons. The molecule has 1 aliphatic rings. The number of carbonyl (C=O) groups is 1. The summed E-state index contributed by atoms with van der Waals surface area (Å²) in [5.41, 5.74) is 2.70. The van der Waals surface area contributed by atoms with Gasteiger partial charge in [-0.05, 0) is 42.0 Å². The molecule has 3 aromatic carbocycles. The Labute approximate surface area is 212 Å². The summed E-state index contributed by atoms with van der Waals surface area (Å²) in [5, 5.41) is 12.6. The second-order valence-electron chi connectivity index (χ2n) is 8.43. The molecule has 0 atom stereocenters. The summed E-state index contributed by atoms with van der Waals surface area (Å²) in [6.07, 6.45) is -4.38. The van der Waals surface area contributed by atoms with Crippen LogP contribution in [0.4, 0.5) is 30.2 Å². The van der Waals surface area contributed by atoms with Crippen LogP contribution in [-0.2, 0) is 12.7 Å². The van der Waals surface area contributed by atoms with Gasteiger partial charge in [0.1, 0.15) is 0 Å². The fraction of sp³-hybridized carbons (Fsp3) is 0.259. The van der Waals surface area contributed by atoms with Gasteiger partial charge in [0.2, 0.25) is 0 Å². The Morgan fingerprint density at radius 1 is 0.946 bits per heavy atom. The third kappa shape index (κ3) is 5.17. The molecular weight excluding hydrogens is 485 g/mol.